The molecule has 2 heterocycles. The molecule has 1 aromatic carbocycles. The molecule has 1 aromatic heterocycles. The fourth-order valence-electron chi connectivity index (χ4n) is 2.86. The highest BCUT2D eigenvalue weighted by atomic mass is 16.5. The minimum absolute atomic E-state index is 0.209. The van der Waals surface area contributed by atoms with Gasteiger partial charge in [0.1, 0.15) is 11.5 Å². The molecular formula is C18H25N3O3. The summed E-state index contributed by atoms with van der Waals surface area (Å²) in [6.07, 6.45) is 4.99. The van der Waals surface area contributed by atoms with Crippen molar-refractivity contribution >= 4 is 0 Å². The maximum absolute atomic E-state index is 5.83. The largest absolute Gasteiger partial charge is 0.497 e. The monoisotopic (exact) mass is 331 g/mol. The maximum Gasteiger partial charge on any atom is 0.119 e. The van der Waals surface area contributed by atoms with Crippen molar-refractivity contribution in [2.45, 2.75) is 19.1 Å². The molecule has 1 atom stereocenters. The van der Waals surface area contributed by atoms with Gasteiger partial charge in [0.15, 0.2) is 0 Å². The molecule has 1 aliphatic rings. The Morgan fingerprint density at radius 1 is 1.25 bits per heavy atom. The third-order valence-corrected chi connectivity index (χ3v) is 4.12. The van der Waals surface area contributed by atoms with Crippen LogP contribution < -0.4 is 9.47 Å². The van der Waals surface area contributed by atoms with Gasteiger partial charge < -0.3 is 14.2 Å². The van der Waals surface area contributed by atoms with Gasteiger partial charge in [0.05, 0.1) is 33.0 Å². The minimum atomic E-state index is 0.209. The number of ether oxygens (including phenoxy) is 3. The summed E-state index contributed by atoms with van der Waals surface area (Å²) >= 11 is 0. The summed E-state index contributed by atoms with van der Waals surface area (Å²) in [6, 6.07) is 9.65. The van der Waals surface area contributed by atoms with Gasteiger partial charge in [-0.3, -0.25) is 9.58 Å². The van der Waals surface area contributed by atoms with Gasteiger partial charge in [-0.15, -0.1) is 0 Å². The van der Waals surface area contributed by atoms with Crippen LogP contribution in [0.3, 0.4) is 0 Å². The summed E-state index contributed by atoms with van der Waals surface area (Å²) in [4.78, 5) is 2.44. The van der Waals surface area contributed by atoms with E-state index in [2.05, 4.69) is 10.00 Å². The maximum atomic E-state index is 5.83. The molecule has 0 unspecified atom stereocenters. The van der Waals surface area contributed by atoms with E-state index in [1.165, 1.54) is 0 Å². The SMILES string of the molecule is COc1ccc(OCCCN2CCO[C@H](Cn3cccn3)C2)cc1. The second-order valence-electron chi connectivity index (χ2n) is 5.90. The molecule has 0 spiro atoms. The first-order chi connectivity index (χ1) is 11.8. The van der Waals surface area contributed by atoms with E-state index in [0.29, 0.717) is 6.61 Å². The van der Waals surface area contributed by atoms with E-state index < -0.39 is 0 Å². The van der Waals surface area contributed by atoms with Crippen LogP contribution in [0.4, 0.5) is 0 Å². The Labute approximate surface area is 142 Å². The van der Waals surface area contributed by atoms with Gasteiger partial charge in [0, 0.05) is 32.0 Å². The van der Waals surface area contributed by atoms with Gasteiger partial charge in [0.25, 0.3) is 0 Å². The van der Waals surface area contributed by atoms with E-state index in [1.54, 1.807) is 13.3 Å². The van der Waals surface area contributed by atoms with E-state index in [9.17, 15) is 0 Å². The Bertz CT molecular complexity index is 586. The van der Waals surface area contributed by atoms with E-state index >= 15 is 0 Å². The summed E-state index contributed by atoms with van der Waals surface area (Å²) in [5.74, 6) is 1.73. The van der Waals surface area contributed by atoms with Crippen LogP contribution in [-0.4, -0.2) is 60.7 Å². The van der Waals surface area contributed by atoms with Crippen molar-refractivity contribution in [2.75, 3.05) is 40.0 Å². The minimum Gasteiger partial charge on any atom is -0.497 e. The van der Waals surface area contributed by atoms with Crippen LogP contribution in [0, 0.1) is 0 Å². The van der Waals surface area contributed by atoms with E-state index in [0.717, 1.165) is 50.7 Å². The van der Waals surface area contributed by atoms with Crippen LogP contribution in [0.5, 0.6) is 11.5 Å². The van der Waals surface area contributed by atoms with Crippen molar-refractivity contribution in [3.63, 3.8) is 0 Å². The first-order valence-corrected chi connectivity index (χ1v) is 8.42. The van der Waals surface area contributed by atoms with Gasteiger partial charge in [-0.1, -0.05) is 0 Å². The third-order valence-electron chi connectivity index (χ3n) is 4.12. The predicted octanol–water partition coefficient (Wildman–Crippen LogP) is 2.06. The van der Waals surface area contributed by atoms with Gasteiger partial charge in [0.2, 0.25) is 0 Å². The summed E-state index contributed by atoms with van der Waals surface area (Å²) in [6.45, 7) is 5.26. The van der Waals surface area contributed by atoms with Crippen LogP contribution in [0.15, 0.2) is 42.7 Å². The zero-order valence-electron chi connectivity index (χ0n) is 14.1. The molecule has 0 amide bonds. The van der Waals surface area contributed by atoms with Crippen LogP contribution >= 0.6 is 0 Å². The molecule has 1 saturated heterocycles. The summed E-state index contributed by atoms with van der Waals surface area (Å²) in [5, 5.41) is 4.25. The molecule has 130 valence electrons. The molecule has 0 bridgehead atoms. The van der Waals surface area contributed by atoms with Gasteiger partial charge in [-0.2, -0.15) is 5.10 Å². The molecule has 24 heavy (non-hydrogen) atoms. The highest BCUT2D eigenvalue weighted by Crippen LogP contribution is 2.17. The Hall–Kier alpha value is -2.05. The van der Waals surface area contributed by atoms with Gasteiger partial charge in [-0.25, -0.2) is 0 Å². The highest BCUT2D eigenvalue weighted by molar-refractivity contribution is 5.31. The number of morpholine rings is 1. The Kier molecular flexibility index (Phi) is 6.09. The van der Waals surface area contributed by atoms with Crippen LogP contribution in [0.2, 0.25) is 0 Å². The predicted molar refractivity (Wildman–Crippen MR) is 91.5 cm³/mol. The Morgan fingerprint density at radius 2 is 2.08 bits per heavy atom. The first kappa shape index (κ1) is 16.8. The van der Waals surface area contributed by atoms with Crippen molar-refractivity contribution < 1.29 is 14.2 Å². The third kappa shape index (κ3) is 4.97. The topological polar surface area (TPSA) is 48.8 Å². The van der Waals surface area contributed by atoms with Crippen LogP contribution in [0.1, 0.15) is 6.42 Å². The molecule has 0 radical (unpaired) electrons. The molecule has 2 aromatic rings. The quantitative estimate of drug-likeness (QED) is 0.693. The standard InChI is InChI=1S/C18H25N3O3/c1-22-16-4-6-17(7-5-16)23-12-3-9-20-11-13-24-18(14-20)15-21-10-2-8-19-21/h2,4-8,10,18H,3,9,11-15H2,1H3/t18-/m0/s1. The van der Waals surface area contributed by atoms with Crippen molar-refractivity contribution in [1.82, 2.24) is 14.7 Å². The number of benzene rings is 1. The molecule has 0 saturated carbocycles. The van der Waals surface area contributed by atoms with Crippen LogP contribution in [0.25, 0.3) is 0 Å². The molecular weight excluding hydrogens is 306 g/mol. The fraction of sp³-hybridized carbons (Fsp3) is 0.500. The second kappa shape index (κ2) is 8.70. The number of aromatic nitrogens is 2. The van der Waals surface area contributed by atoms with Crippen molar-refractivity contribution in [2.24, 2.45) is 0 Å². The van der Waals surface area contributed by atoms with Crippen LogP contribution in [-0.2, 0) is 11.3 Å². The molecule has 6 heteroatoms. The van der Waals surface area contributed by atoms with E-state index in [4.69, 9.17) is 14.2 Å². The Morgan fingerprint density at radius 3 is 2.83 bits per heavy atom. The average Bonchev–Trinajstić information content (AvgIpc) is 3.13. The summed E-state index contributed by atoms with van der Waals surface area (Å²) < 4.78 is 18.7. The summed E-state index contributed by atoms with van der Waals surface area (Å²) in [5.41, 5.74) is 0. The number of hydrogen-bond acceptors (Lipinski definition) is 5. The van der Waals surface area contributed by atoms with Crippen molar-refractivity contribution in [3.05, 3.63) is 42.7 Å². The number of nitrogens with zero attached hydrogens (tertiary/aromatic N) is 3. The second-order valence-corrected chi connectivity index (χ2v) is 5.90. The average molecular weight is 331 g/mol. The normalized spacial score (nSPS) is 18.5. The zero-order chi connectivity index (χ0) is 16.6. The first-order valence-electron chi connectivity index (χ1n) is 8.42. The highest BCUT2D eigenvalue weighted by Gasteiger charge is 2.20. The van der Waals surface area contributed by atoms with E-state index in [-0.39, 0.29) is 6.10 Å². The number of rotatable bonds is 8. The number of hydrogen-bond donors (Lipinski definition) is 0. The summed E-state index contributed by atoms with van der Waals surface area (Å²) in [7, 11) is 1.66. The molecule has 6 nitrogen and oxygen atoms in total. The molecule has 0 aliphatic carbocycles. The lowest BCUT2D eigenvalue weighted by Crippen LogP contribution is -2.44. The molecule has 1 fully saturated rings. The Balaban J connectivity index is 1.35. The number of methoxy groups -OCH3 is 1. The molecule has 0 N–H and O–H groups in total. The van der Waals surface area contributed by atoms with Gasteiger partial charge in [-0.05, 0) is 36.8 Å². The smallest absolute Gasteiger partial charge is 0.119 e. The van der Waals surface area contributed by atoms with Gasteiger partial charge >= 0.3 is 0 Å². The molecule has 1 aliphatic heterocycles. The lowest BCUT2D eigenvalue weighted by Gasteiger charge is -2.32. The fourth-order valence-corrected chi connectivity index (χ4v) is 2.86. The van der Waals surface area contributed by atoms with Crippen molar-refractivity contribution in [1.29, 1.82) is 0 Å². The van der Waals surface area contributed by atoms with E-state index in [1.807, 2.05) is 41.2 Å². The molecule has 3 rings (SSSR count). The van der Waals surface area contributed by atoms with Crippen molar-refractivity contribution in [3.8, 4) is 11.5 Å². The lowest BCUT2D eigenvalue weighted by atomic mass is 10.2. The zero-order valence-corrected chi connectivity index (χ0v) is 14.1. The lowest BCUT2D eigenvalue weighted by molar-refractivity contribution is -0.0383.